The van der Waals surface area contributed by atoms with E-state index in [1.54, 1.807) is 6.20 Å². The third kappa shape index (κ3) is 5.93. The van der Waals surface area contributed by atoms with E-state index in [2.05, 4.69) is 217 Å². The number of pyridine rings is 1. The molecule has 0 bridgehead atoms. The van der Waals surface area contributed by atoms with Crippen molar-refractivity contribution in [1.82, 2.24) is 15.0 Å². The number of hydrogen-bond donors (Lipinski definition) is 0. The molecule has 3 nitrogen and oxygen atoms in total. The van der Waals surface area contributed by atoms with Gasteiger partial charge in [0.1, 0.15) is 0 Å². The van der Waals surface area contributed by atoms with Crippen molar-refractivity contribution in [3.8, 4) is 67.3 Å². The molecule has 63 heavy (non-hydrogen) atoms. The second kappa shape index (κ2) is 15.0. The minimum atomic E-state index is -0.600. The molecule has 2 heterocycles. The number of hydrogen-bond acceptors (Lipinski definition) is 3. The smallest absolute Gasteiger partial charge is 0.161 e. The molecule has 0 N–H and O–H groups in total. The van der Waals surface area contributed by atoms with Gasteiger partial charge in [-0.3, -0.25) is 4.98 Å². The summed E-state index contributed by atoms with van der Waals surface area (Å²) in [6.45, 7) is 0. The molecule has 3 heteroatoms. The zero-order valence-corrected chi connectivity index (χ0v) is 34.4. The van der Waals surface area contributed by atoms with E-state index in [1.807, 2.05) is 18.3 Å². The average molecular weight is 802 g/mol. The maximum Gasteiger partial charge on any atom is 0.161 e. The van der Waals surface area contributed by atoms with E-state index >= 15 is 0 Å². The minimum Gasteiger partial charge on any atom is -0.264 e. The van der Waals surface area contributed by atoms with Crippen LogP contribution in [0.1, 0.15) is 22.3 Å². The molecule has 1 aliphatic rings. The summed E-state index contributed by atoms with van der Waals surface area (Å²) < 4.78 is 0. The first-order chi connectivity index (χ1) is 31.3. The normalized spacial score (nSPS) is 12.6. The van der Waals surface area contributed by atoms with Gasteiger partial charge in [0.05, 0.1) is 16.8 Å². The number of aromatic nitrogens is 3. The summed E-state index contributed by atoms with van der Waals surface area (Å²) in [4.78, 5) is 15.1. The predicted molar refractivity (Wildman–Crippen MR) is 259 cm³/mol. The van der Waals surface area contributed by atoms with Gasteiger partial charge in [-0.15, -0.1) is 0 Å². The number of nitrogens with zero attached hydrogens (tertiary/aromatic N) is 3. The van der Waals surface area contributed by atoms with Crippen LogP contribution in [0.5, 0.6) is 0 Å². The van der Waals surface area contributed by atoms with Gasteiger partial charge in [0.2, 0.25) is 0 Å². The van der Waals surface area contributed by atoms with Crippen LogP contribution in [0.15, 0.2) is 237 Å². The number of rotatable bonds is 7. The second-order valence-electron chi connectivity index (χ2n) is 16.3. The molecule has 12 rings (SSSR count). The lowest BCUT2D eigenvalue weighted by atomic mass is 9.65. The van der Waals surface area contributed by atoms with Crippen LogP contribution in [0.25, 0.3) is 88.8 Å². The maximum atomic E-state index is 5.38. The van der Waals surface area contributed by atoms with Gasteiger partial charge in [-0.2, -0.15) is 0 Å². The Bertz CT molecular complexity index is 3450. The summed E-state index contributed by atoms with van der Waals surface area (Å²) in [5.74, 6) is 0.681. The van der Waals surface area contributed by atoms with Crippen LogP contribution >= 0.6 is 0 Å². The van der Waals surface area contributed by atoms with E-state index in [0.29, 0.717) is 5.82 Å². The summed E-state index contributed by atoms with van der Waals surface area (Å²) in [5, 5.41) is 4.74. The quantitative estimate of drug-likeness (QED) is 0.161. The van der Waals surface area contributed by atoms with E-state index < -0.39 is 5.41 Å². The van der Waals surface area contributed by atoms with E-state index in [1.165, 1.54) is 55.3 Å². The van der Waals surface area contributed by atoms with E-state index in [0.717, 1.165) is 50.0 Å². The van der Waals surface area contributed by atoms with Gasteiger partial charge in [0, 0.05) is 34.6 Å². The molecule has 9 aromatic carbocycles. The van der Waals surface area contributed by atoms with Crippen LogP contribution in [0, 0.1) is 0 Å². The second-order valence-corrected chi connectivity index (χ2v) is 16.3. The summed E-state index contributed by atoms with van der Waals surface area (Å²) >= 11 is 0. The highest BCUT2D eigenvalue weighted by atomic mass is 14.9. The third-order valence-corrected chi connectivity index (χ3v) is 12.9. The molecule has 11 aromatic rings. The first kappa shape index (κ1) is 36.6. The summed E-state index contributed by atoms with van der Waals surface area (Å²) in [6, 6.07) is 81.0. The molecular formula is C60H39N3. The molecule has 0 amide bonds. The van der Waals surface area contributed by atoms with Crippen molar-refractivity contribution < 1.29 is 0 Å². The van der Waals surface area contributed by atoms with Crippen LogP contribution in [0.3, 0.4) is 0 Å². The van der Waals surface area contributed by atoms with Crippen molar-refractivity contribution >= 4 is 21.5 Å². The molecular weight excluding hydrogens is 763 g/mol. The van der Waals surface area contributed by atoms with E-state index in [9.17, 15) is 0 Å². The van der Waals surface area contributed by atoms with Crippen molar-refractivity contribution in [2.45, 2.75) is 5.41 Å². The SMILES string of the molecule is c1ccc(-c2cc(-c3cccc(-c4cccnc4)c3)nc(-c3ccc(-c4cccc5c4C(c4ccccc4)(c4ccccc4)c4c-5ccc5ccccc45)c4ccccc34)n2)cc1. The lowest BCUT2D eigenvalue weighted by Crippen LogP contribution is -2.29. The molecule has 0 saturated carbocycles. The first-order valence-corrected chi connectivity index (χ1v) is 21.5. The summed E-state index contributed by atoms with van der Waals surface area (Å²) in [7, 11) is 0. The Kier molecular flexibility index (Phi) is 8.72. The van der Waals surface area contributed by atoms with Gasteiger partial charge in [0.15, 0.2) is 5.82 Å². The molecule has 1 aliphatic carbocycles. The van der Waals surface area contributed by atoms with Crippen molar-refractivity contribution in [3.05, 3.63) is 259 Å². The van der Waals surface area contributed by atoms with Gasteiger partial charge in [-0.05, 0) is 95.9 Å². The van der Waals surface area contributed by atoms with Crippen LogP contribution in [0.4, 0.5) is 0 Å². The fourth-order valence-corrected chi connectivity index (χ4v) is 10.1. The average Bonchev–Trinajstić information content (AvgIpc) is 3.69. The molecule has 0 radical (unpaired) electrons. The zero-order valence-electron chi connectivity index (χ0n) is 34.4. The molecule has 0 aliphatic heterocycles. The fraction of sp³-hybridized carbons (Fsp3) is 0.0167. The van der Waals surface area contributed by atoms with Crippen molar-refractivity contribution in [2.24, 2.45) is 0 Å². The lowest BCUT2D eigenvalue weighted by Gasteiger charge is -2.36. The highest BCUT2D eigenvalue weighted by Crippen LogP contribution is 2.60. The third-order valence-electron chi connectivity index (χ3n) is 12.9. The fourth-order valence-electron chi connectivity index (χ4n) is 10.1. The van der Waals surface area contributed by atoms with Gasteiger partial charge in [-0.25, -0.2) is 9.97 Å². The zero-order chi connectivity index (χ0) is 41.7. The monoisotopic (exact) mass is 801 g/mol. The lowest BCUT2D eigenvalue weighted by molar-refractivity contribution is 0.777. The van der Waals surface area contributed by atoms with Crippen LogP contribution < -0.4 is 0 Å². The summed E-state index contributed by atoms with van der Waals surface area (Å²) in [6.07, 6.45) is 3.71. The van der Waals surface area contributed by atoms with Gasteiger partial charge >= 0.3 is 0 Å². The molecule has 0 spiro atoms. The van der Waals surface area contributed by atoms with Crippen molar-refractivity contribution in [1.29, 1.82) is 0 Å². The highest BCUT2D eigenvalue weighted by Gasteiger charge is 2.48. The van der Waals surface area contributed by atoms with Gasteiger partial charge in [-0.1, -0.05) is 200 Å². The Morgan fingerprint density at radius 3 is 1.56 bits per heavy atom. The van der Waals surface area contributed by atoms with Crippen LogP contribution in [-0.4, -0.2) is 15.0 Å². The van der Waals surface area contributed by atoms with Gasteiger partial charge in [0.25, 0.3) is 0 Å². The molecule has 0 fully saturated rings. The topological polar surface area (TPSA) is 38.7 Å². The standard InChI is InChI=1S/C60H39N3/c1-4-18-41(19-5-1)55-38-56(43-21-14-20-42(37-43)44-22-16-36-61-39-44)63-59(62-55)54-35-34-50(48-28-12-13-29-49(48)54)51-30-15-31-52-53-33-32-40-17-10-11-27-47(40)57(53)60(58(51)52,45-23-6-2-7-24-45)46-25-8-3-9-26-46/h1-39H. The largest absolute Gasteiger partial charge is 0.264 e. The van der Waals surface area contributed by atoms with Crippen LogP contribution in [0.2, 0.25) is 0 Å². The van der Waals surface area contributed by atoms with Gasteiger partial charge < -0.3 is 0 Å². The predicted octanol–water partition coefficient (Wildman–Crippen LogP) is 14.9. The van der Waals surface area contributed by atoms with Crippen LogP contribution in [-0.2, 0) is 5.41 Å². The van der Waals surface area contributed by atoms with E-state index in [4.69, 9.17) is 9.97 Å². The Balaban J connectivity index is 1.11. The maximum absolute atomic E-state index is 5.38. The Morgan fingerprint density at radius 2 is 0.841 bits per heavy atom. The molecule has 0 atom stereocenters. The molecule has 0 saturated heterocycles. The Labute approximate surface area is 366 Å². The van der Waals surface area contributed by atoms with Crippen molar-refractivity contribution in [3.63, 3.8) is 0 Å². The number of benzene rings is 9. The summed E-state index contributed by atoms with van der Waals surface area (Å²) in [5.41, 5.74) is 16.3. The molecule has 294 valence electrons. The van der Waals surface area contributed by atoms with Crippen molar-refractivity contribution in [2.75, 3.05) is 0 Å². The minimum absolute atomic E-state index is 0.600. The highest BCUT2D eigenvalue weighted by molar-refractivity contribution is 6.08. The Morgan fingerprint density at radius 1 is 0.317 bits per heavy atom. The number of fused-ring (bicyclic) bond motifs is 6. The molecule has 0 unspecified atom stereocenters. The Hall–Kier alpha value is -8.27. The molecule has 2 aromatic heterocycles. The first-order valence-electron chi connectivity index (χ1n) is 21.5. The van der Waals surface area contributed by atoms with E-state index in [-0.39, 0.29) is 0 Å².